The lowest BCUT2D eigenvalue weighted by atomic mass is 9.91. The van der Waals surface area contributed by atoms with Gasteiger partial charge in [-0.2, -0.15) is 0 Å². The zero-order chi connectivity index (χ0) is 13.0. The van der Waals surface area contributed by atoms with Gasteiger partial charge in [-0.1, -0.05) is 41.5 Å². The molecular formula is C13H26N2O. The first-order chi connectivity index (χ1) is 7.05. The molecule has 0 atom stereocenters. The highest BCUT2D eigenvalue weighted by Gasteiger charge is 2.22. The topological polar surface area (TPSA) is 45.4 Å². The van der Waals surface area contributed by atoms with Gasteiger partial charge in [-0.05, 0) is 12.3 Å². The fraction of sp³-hybridized carbons (Fsp3) is 0.846. The molecule has 0 aliphatic carbocycles. The highest BCUT2D eigenvalue weighted by molar-refractivity contribution is 5.83. The Balaban J connectivity index is 0.000000293. The van der Waals surface area contributed by atoms with Crippen molar-refractivity contribution < 1.29 is 4.74 Å². The molecule has 1 heterocycles. The third kappa shape index (κ3) is 5.89. The van der Waals surface area contributed by atoms with Gasteiger partial charge in [0.25, 0.3) is 0 Å². The van der Waals surface area contributed by atoms with Crippen LogP contribution in [0.4, 0.5) is 0 Å². The summed E-state index contributed by atoms with van der Waals surface area (Å²) in [6.45, 7) is 15.9. The van der Waals surface area contributed by atoms with Crippen molar-refractivity contribution in [1.29, 1.82) is 5.41 Å². The smallest absolute Gasteiger partial charge is 0.188 e. The molecule has 0 saturated carbocycles. The molecule has 0 unspecified atom stereocenters. The van der Waals surface area contributed by atoms with Crippen LogP contribution in [0.15, 0.2) is 4.99 Å². The zero-order valence-corrected chi connectivity index (χ0v) is 11.8. The van der Waals surface area contributed by atoms with E-state index in [1.165, 1.54) is 0 Å². The van der Waals surface area contributed by atoms with Crippen LogP contribution in [0, 0.1) is 16.2 Å². The minimum absolute atomic E-state index is 0.0833. The lowest BCUT2D eigenvalue weighted by Gasteiger charge is -2.16. The molecule has 0 aromatic heterocycles. The largest absolute Gasteiger partial charge is 0.479 e. The first-order valence-corrected chi connectivity index (χ1v) is 5.78. The maximum Gasteiger partial charge on any atom is 0.188 e. The molecule has 1 aliphatic heterocycles. The zero-order valence-electron chi connectivity index (χ0n) is 11.8. The SMILES string of the molecule is CC(=N)C(C)(C)C.CC(C)(C)C1=NCCO1. The summed E-state index contributed by atoms with van der Waals surface area (Å²) in [6, 6.07) is 0. The van der Waals surface area contributed by atoms with Crippen LogP contribution < -0.4 is 0 Å². The first kappa shape index (κ1) is 15.1. The summed E-state index contributed by atoms with van der Waals surface area (Å²) in [5, 5.41) is 7.15. The van der Waals surface area contributed by atoms with Crippen LogP contribution in [0.1, 0.15) is 48.5 Å². The van der Waals surface area contributed by atoms with Gasteiger partial charge in [-0.3, -0.25) is 4.99 Å². The number of rotatable bonds is 0. The van der Waals surface area contributed by atoms with Crippen molar-refractivity contribution in [2.45, 2.75) is 48.5 Å². The maximum atomic E-state index is 7.15. The fourth-order valence-corrected chi connectivity index (χ4v) is 0.789. The standard InChI is InChI=1S/C7H13NO.C6H13N/c1-7(2,3)6-8-4-5-9-6;1-5(7)6(2,3)4/h4-5H2,1-3H3;7H,1-4H3. The Morgan fingerprint density at radius 2 is 1.62 bits per heavy atom. The Hall–Kier alpha value is -0.860. The summed E-state index contributed by atoms with van der Waals surface area (Å²) in [6.07, 6.45) is 0. The average molecular weight is 226 g/mol. The van der Waals surface area contributed by atoms with Crippen LogP contribution in [-0.2, 0) is 4.74 Å². The van der Waals surface area contributed by atoms with Crippen molar-refractivity contribution in [2.24, 2.45) is 15.8 Å². The van der Waals surface area contributed by atoms with Crippen LogP contribution in [0.2, 0.25) is 0 Å². The van der Waals surface area contributed by atoms with E-state index in [1.807, 2.05) is 27.7 Å². The van der Waals surface area contributed by atoms with Gasteiger partial charge in [0, 0.05) is 11.1 Å². The molecule has 3 nitrogen and oxygen atoms in total. The Labute approximate surface area is 99.8 Å². The van der Waals surface area contributed by atoms with Crippen LogP contribution in [0.5, 0.6) is 0 Å². The molecule has 94 valence electrons. The monoisotopic (exact) mass is 226 g/mol. The van der Waals surface area contributed by atoms with Crippen LogP contribution in [-0.4, -0.2) is 24.8 Å². The van der Waals surface area contributed by atoms with Crippen molar-refractivity contribution in [3.63, 3.8) is 0 Å². The minimum atomic E-state index is 0.0833. The molecule has 3 heteroatoms. The predicted octanol–water partition coefficient (Wildman–Crippen LogP) is 3.53. The van der Waals surface area contributed by atoms with E-state index in [0.717, 1.165) is 24.8 Å². The Morgan fingerprint density at radius 1 is 1.19 bits per heavy atom. The molecule has 0 amide bonds. The summed E-state index contributed by atoms with van der Waals surface area (Å²) in [5.74, 6) is 0.905. The van der Waals surface area contributed by atoms with Crippen molar-refractivity contribution in [3.8, 4) is 0 Å². The third-order valence-corrected chi connectivity index (χ3v) is 2.35. The van der Waals surface area contributed by atoms with Crippen LogP contribution in [0.3, 0.4) is 0 Å². The van der Waals surface area contributed by atoms with E-state index in [4.69, 9.17) is 10.1 Å². The number of hydrogen-bond acceptors (Lipinski definition) is 3. The van der Waals surface area contributed by atoms with Crippen molar-refractivity contribution in [2.75, 3.05) is 13.2 Å². The first-order valence-electron chi connectivity index (χ1n) is 5.78. The predicted molar refractivity (Wildman–Crippen MR) is 70.6 cm³/mol. The van der Waals surface area contributed by atoms with E-state index in [2.05, 4.69) is 25.8 Å². The summed E-state index contributed by atoms with van der Waals surface area (Å²) in [5.41, 5.74) is 0.934. The van der Waals surface area contributed by atoms with Gasteiger partial charge in [0.15, 0.2) is 5.90 Å². The number of aliphatic imine (C=N–C) groups is 1. The van der Waals surface area contributed by atoms with Gasteiger partial charge in [0.1, 0.15) is 6.61 Å². The van der Waals surface area contributed by atoms with E-state index in [9.17, 15) is 0 Å². The van der Waals surface area contributed by atoms with Gasteiger partial charge in [-0.25, -0.2) is 0 Å². The summed E-state index contributed by atoms with van der Waals surface area (Å²) < 4.78 is 5.27. The van der Waals surface area contributed by atoms with Gasteiger partial charge in [0.05, 0.1) is 6.54 Å². The lowest BCUT2D eigenvalue weighted by molar-refractivity contribution is 0.302. The van der Waals surface area contributed by atoms with Crippen molar-refractivity contribution in [1.82, 2.24) is 0 Å². The number of nitrogens with one attached hydrogen (secondary N) is 1. The average Bonchev–Trinajstić information content (AvgIpc) is 2.52. The van der Waals surface area contributed by atoms with Crippen LogP contribution in [0.25, 0.3) is 0 Å². The lowest BCUT2D eigenvalue weighted by Crippen LogP contribution is -2.20. The molecule has 0 bridgehead atoms. The normalized spacial score (nSPS) is 15.8. The summed E-state index contributed by atoms with van der Waals surface area (Å²) in [4.78, 5) is 4.20. The molecule has 0 spiro atoms. The summed E-state index contributed by atoms with van der Waals surface area (Å²) >= 11 is 0. The van der Waals surface area contributed by atoms with Gasteiger partial charge < -0.3 is 10.1 Å². The Kier molecular flexibility index (Phi) is 5.17. The second-order valence-electron chi connectivity index (χ2n) is 6.16. The van der Waals surface area contributed by atoms with E-state index in [1.54, 1.807) is 0 Å². The van der Waals surface area contributed by atoms with Crippen LogP contribution >= 0.6 is 0 Å². The molecule has 0 saturated heterocycles. The molecule has 1 N–H and O–H groups in total. The van der Waals surface area contributed by atoms with Gasteiger partial charge in [0.2, 0.25) is 0 Å². The Bertz CT molecular complexity index is 267. The third-order valence-electron chi connectivity index (χ3n) is 2.35. The van der Waals surface area contributed by atoms with E-state index < -0.39 is 0 Å². The molecule has 1 rings (SSSR count). The van der Waals surface area contributed by atoms with E-state index in [-0.39, 0.29) is 10.8 Å². The second-order valence-corrected chi connectivity index (χ2v) is 6.16. The number of hydrogen-bond donors (Lipinski definition) is 1. The Morgan fingerprint density at radius 3 is 1.75 bits per heavy atom. The molecule has 0 radical (unpaired) electrons. The number of nitrogens with zero attached hydrogens (tertiary/aromatic N) is 1. The molecule has 1 aliphatic rings. The minimum Gasteiger partial charge on any atom is -0.479 e. The molecule has 0 aromatic rings. The number of ether oxygens (including phenoxy) is 1. The fourth-order valence-electron chi connectivity index (χ4n) is 0.789. The second kappa shape index (κ2) is 5.46. The highest BCUT2D eigenvalue weighted by Crippen LogP contribution is 2.19. The maximum absolute atomic E-state index is 7.15. The van der Waals surface area contributed by atoms with Crippen molar-refractivity contribution >= 4 is 11.6 Å². The van der Waals surface area contributed by atoms with E-state index >= 15 is 0 Å². The van der Waals surface area contributed by atoms with Gasteiger partial charge in [-0.15, -0.1) is 0 Å². The highest BCUT2D eigenvalue weighted by atomic mass is 16.5. The molecular weight excluding hydrogens is 200 g/mol. The molecule has 16 heavy (non-hydrogen) atoms. The molecule has 0 fully saturated rings. The van der Waals surface area contributed by atoms with E-state index in [0.29, 0.717) is 0 Å². The summed E-state index contributed by atoms with van der Waals surface area (Å²) in [7, 11) is 0. The quantitative estimate of drug-likeness (QED) is 0.631. The molecule has 0 aromatic carbocycles. The van der Waals surface area contributed by atoms with Gasteiger partial charge >= 0.3 is 0 Å². The van der Waals surface area contributed by atoms with Crippen molar-refractivity contribution in [3.05, 3.63) is 0 Å².